The number of rotatable bonds is 36. The number of hydrogen-bond donors (Lipinski definition) is 7. The molecule has 1 rings (SSSR count). The first kappa shape index (κ1) is 60.2. The van der Waals surface area contributed by atoms with Gasteiger partial charge in [-0.1, -0.05) is 142 Å². The fourth-order valence-electron chi connectivity index (χ4n) is 6.14. The van der Waals surface area contributed by atoms with Crippen LogP contribution in [-0.2, 0) is 32.7 Å². The summed E-state index contributed by atoms with van der Waals surface area (Å²) in [6.07, 6.45) is 39.0. The molecular weight excluding hydrogens is 868 g/mol. The molecular formula is C51H79O14P. The highest BCUT2D eigenvalue weighted by molar-refractivity contribution is 7.47. The molecule has 0 amide bonds. The molecule has 66 heavy (non-hydrogen) atoms. The van der Waals surface area contributed by atoms with Crippen molar-refractivity contribution in [3.63, 3.8) is 0 Å². The van der Waals surface area contributed by atoms with Gasteiger partial charge in [-0.25, -0.2) is 4.57 Å². The molecule has 4 unspecified atom stereocenters. The van der Waals surface area contributed by atoms with Crippen molar-refractivity contribution in [2.75, 3.05) is 13.2 Å². The Morgan fingerprint density at radius 2 is 0.970 bits per heavy atom. The summed E-state index contributed by atoms with van der Waals surface area (Å²) in [5, 5.41) is 59.9. The highest BCUT2D eigenvalue weighted by atomic mass is 31.2. The van der Waals surface area contributed by atoms with Crippen molar-refractivity contribution >= 4 is 19.8 Å². The molecule has 1 saturated carbocycles. The summed E-state index contributed by atoms with van der Waals surface area (Å²) >= 11 is 0. The fourth-order valence-corrected chi connectivity index (χ4v) is 7.11. The predicted molar refractivity (Wildman–Crippen MR) is 259 cm³/mol. The van der Waals surface area contributed by atoms with Gasteiger partial charge >= 0.3 is 19.8 Å². The van der Waals surface area contributed by atoms with Crippen molar-refractivity contribution in [3.8, 4) is 0 Å². The maximum absolute atomic E-state index is 12.8. The monoisotopic (exact) mass is 947 g/mol. The normalized spacial score (nSPS) is 22.9. The van der Waals surface area contributed by atoms with Crippen molar-refractivity contribution in [1.82, 2.24) is 0 Å². The zero-order chi connectivity index (χ0) is 48.7. The first-order valence-electron chi connectivity index (χ1n) is 23.4. The highest BCUT2D eigenvalue weighted by Gasteiger charge is 2.51. The van der Waals surface area contributed by atoms with Crippen LogP contribution < -0.4 is 0 Å². The molecule has 9 atom stereocenters. The van der Waals surface area contributed by atoms with Gasteiger partial charge in [-0.2, -0.15) is 0 Å². The molecule has 0 bridgehead atoms. The Bertz CT molecular complexity index is 1630. The van der Waals surface area contributed by atoms with E-state index >= 15 is 0 Å². The first-order chi connectivity index (χ1) is 31.8. The van der Waals surface area contributed by atoms with E-state index in [1.54, 1.807) is 0 Å². The lowest BCUT2D eigenvalue weighted by molar-refractivity contribution is -0.220. The number of ether oxygens (including phenoxy) is 2. The minimum absolute atomic E-state index is 0.0147. The number of aliphatic hydroxyl groups is 6. The van der Waals surface area contributed by atoms with Gasteiger partial charge in [-0.15, -0.1) is 0 Å². The first-order valence-corrected chi connectivity index (χ1v) is 24.9. The number of aliphatic hydroxyl groups excluding tert-OH is 6. The Kier molecular flexibility index (Phi) is 35.8. The van der Waals surface area contributed by atoms with Crippen LogP contribution in [0.4, 0.5) is 0 Å². The van der Waals surface area contributed by atoms with Gasteiger partial charge in [0.1, 0.15) is 43.2 Å². The number of hydrogen-bond acceptors (Lipinski definition) is 13. The van der Waals surface area contributed by atoms with Crippen LogP contribution in [-0.4, -0.2) is 110 Å². The van der Waals surface area contributed by atoms with Gasteiger partial charge < -0.3 is 45.0 Å². The summed E-state index contributed by atoms with van der Waals surface area (Å²) in [5.41, 5.74) is 0. The number of allylic oxidation sites excluding steroid dienone is 19. The van der Waals surface area contributed by atoms with E-state index in [1.807, 2.05) is 48.6 Å². The molecule has 7 N–H and O–H groups in total. The van der Waals surface area contributed by atoms with E-state index in [4.69, 9.17) is 18.5 Å². The summed E-state index contributed by atoms with van der Waals surface area (Å²) in [6.45, 7) is 2.85. The van der Waals surface area contributed by atoms with Crippen LogP contribution in [0.5, 0.6) is 0 Å². The van der Waals surface area contributed by atoms with E-state index < -0.39 is 75.7 Å². The number of esters is 2. The largest absolute Gasteiger partial charge is 0.472 e. The molecule has 1 aliphatic carbocycles. The van der Waals surface area contributed by atoms with Gasteiger partial charge in [0.05, 0.1) is 12.7 Å². The lowest BCUT2D eigenvalue weighted by Crippen LogP contribution is -2.64. The highest BCUT2D eigenvalue weighted by Crippen LogP contribution is 2.47. The van der Waals surface area contributed by atoms with Crippen LogP contribution in [0.3, 0.4) is 0 Å². The molecule has 0 aromatic heterocycles. The van der Waals surface area contributed by atoms with E-state index in [-0.39, 0.29) is 18.9 Å². The number of unbranched alkanes of at least 4 members (excludes halogenated alkanes) is 1. The third-order valence-corrected chi connectivity index (χ3v) is 10.8. The second-order valence-electron chi connectivity index (χ2n) is 15.7. The van der Waals surface area contributed by atoms with Crippen molar-refractivity contribution in [2.45, 2.75) is 172 Å². The summed E-state index contributed by atoms with van der Waals surface area (Å²) < 4.78 is 33.4. The van der Waals surface area contributed by atoms with Crippen LogP contribution in [0.2, 0.25) is 0 Å². The standard InChI is InChI=1S/C51H79O14P/c1-3-5-6-7-8-9-10-11-12-13-14-15-16-19-22-25-28-31-34-38-44(53)62-40-43(41-63-66(60,61)65-51-49(58)47(56)46(55)48(57)50(51)59)64-45(54)39-35-32-29-26-23-20-17-18-21-24-27-30-33-37-42(52)36-4-2/h5-6,8-9,11-12,14-15,17,19-22,24,26,28-31,33,42-43,46-52,55-59H,3-4,7,10,13,16,18,23,25,27,32,34-41H2,1-2H3,(H,60,61)/b6-5-,9-8-,12-11-,15-14-,20-17-,22-19-,24-21-,29-26-,31-28-,33-30-/t42?,43-,46?,47-,48+,49-,50-,51?/m1/s1. The second-order valence-corrected chi connectivity index (χ2v) is 17.1. The quantitative estimate of drug-likeness (QED) is 0.0136. The number of phosphoric ester groups is 1. The summed E-state index contributed by atoms with van der Waals surface area (Å²) in [7, 11) is -5.17. The van der Waals surface area contributed by atoms with Gasteiger partial charge in [0.15, 0.2) is 6.10 Å². The number of carbonyl (C=O) groups excluding carboxylic acids is 2. The Hall–Kier alpha value is -3.79. The lowest BCUT2D eigenvalue weighted by atomic mass is 9.85. The fraction of sp³-hybridized carbons (Fsp3) is 0.569. The van der Waals surface area contributed by atoms with Gasteiger partial charge in [-0.3, -0.25) is 18.6 Å². The molecule has 14 nitrogen and oxygen atoms in total. The Balaban J connectivity index is 2.57. The van der Waals surface area contributed by atoms with Gasteiger partial charge in [0.25, 0.3) is 0 Å². The van der Waals surface area contributed by atoms with E-state index in [0.717, 1.165) is 64.2 Å². The minimum Gasteiger partial charge on any atom is -0.462 e. The van der Waals surface area contributed by atoms with Crippen molar-refractivity contribution < 1.29 is 68.2 Å². The summed E-state index contributed by atoms with van der Waals surface area (Å²) in [5.74, 6) is -1.30. The maximum Gasteiger partial charge on any atom is 0.472 e. The third-order valence-electron chi connectivity index (χ3n) is 9.86. The predicted octanol–water partition coefficient (Wildman–Crippen LogP) is 8.36. The SMILES string of the molecule is CC/C=C\C/C=C\C/C=C\C/C=C\C/C=C\C/C=C\CCC(=O)OC[C@H](COP(=O)(O)OC1[C@H](O)[C@H](O)C(O)[C@H](O)[C@H]1O)OC(=O)CCC/C=C\C/C=C\C/C=C\C/C=C\CC(O)CCC. The molecule has 15 heteroatoms. The number of carbonyl (C=O) groups is 2. The zero-order valence-electron chi connectivity index (χ0n) is 39.0. The Labute approximate surface area is 393 Å². The molecule has 0 aliphatic heterocycles. The number of phosphoric acid groups is 1. The van der Waals surface area contributed by atoms with Crippen molar-refractivity contribution in [1.29, 1.82) is 0 Å². The Morgan fingerprint density at radius 3 is 1.44 bits per heavy atom. The van der Waals surface area contributed by atoms with Gasteiger partial charge in [-0.05, 0) is 89.9 Å². The molecule has 372 valence electrons. The Morgan fingerprint density at radius 1 is 0.545 bits per heavy atom. The third kappa shape index (κ3) is 31.2. The molecule has 0 aromatic carbocycles. The smallest absolute Gasteiger partial charge is 0.462 e. The molecule has 1 aliphatic rings. The van der Waals surface area contributed by atoms with Crippen LogP contribution >= 0.6 is 7.82 Å². The second kappa shape index (κ2) is 39.2. The molecule has 0 saturated heterocycles. The van der Waals surface area contributed by atoms with E-state index in [9.17, 15) is 49.7 Å². The molecule has 0 spiro atoms. The van der Waals surface area contributed by atoms with E-state index in [0.29, 0.717) is 32.1 Å². The summed E-state index contributed by atoms with van der Waals surface area (Å²) in [4.78, 5) is 35.7. The van der Waals surface area contributed by atoms with Crippen LogP contribution in [0, 0.1) is 0 Å². The van der Waals surface area contributed by atoms with E-state index in [2.05, 4.69) is 86.8 Å². The molecule has 0 radical (unpaired) electrons. The maximum atomic E-state index is 12.8. The topological polar surface area (TPSA) is 230 Å². The van der Waals surface area contributed by atoms with Crippen LogP contribution in [0.15, 0.2) is 122 Å². The van der Waals surface area contributed by atoms with Crippen LogP contribution in [0.1, 0.15) is 123 Å². The summed E-state index contributed by atoms with van der Waals surface area (Å²) in [6, 6.07) is 0. The minimum atomic E-state index is -5.17. The van der Waals surface area contributed by atoms with Gasteiger partial charge in [0.2, 0.25) is 0 Å². The average Bonchev–Trinajstić information content (AvgIpc) is 3.29. The van der Waals surface area contributed by atoms with Crippen molar-refractivity contribution in [2.24, 2.45) is 0 Å². The van der Waals surface area contributed by atoms with Crippen molar-refractivity contribution in [3.05, 3.63) is 122 Å². The molecule has 0 heterocycles. The average molecular weight is 947 g/mol. The lowest BCUT2D eigenvalue weighted by Gasteiger charge is -2.41. The molecule has 1 fully saturated rings. The zero-order valence-corrected chi connectivity index (χ0v) is 39.9. The molecule has 0 aromatic rings. The van der Waals surface area contributed by atoms with Gasteiger partial charge in [0, 0.05) is 12.8 Å². The van der Waals surface area contributed by atoms with E-state index in [1.165, 1.54) is 0 Å². The van der Waals surface area contributed by atoms with Crippen LogP contribution in [0.25, 0.3) is 0 Å².